The molecule has 0 bridgehead atoms. The highest BCUT2D eigenvalue weighted by Gasteiger charge is 2.08. The Balaban J connectivity index is 2.74. The van der Waals surface area contributed by atoms with Crippen molar-refractivity contribution in [2.45, 2.75) is 33.6 Å². The predicted octanol–water partition coefficient (Wildman–Crippen LogP) is 4.04. The molecule has 0 aliphatic rings. The Bertz CT molecular complexity index is 468. The molecule has 2 heteroatoms. The van der Waals surface area contributed by atoms with E-state index in [1.54, 1.807) is 11.5 Å². The van der Waals surface area contributed by atoms with Gasteiger partial charge in [-0.15, -0.1) is 0 Å². The zero-order valence-corrected chi connectivity index (χ0v) is 9.90. The van der Waals surface area contributed by atoms with Gasteiger partial charge in [-0.25, -0.2) is 0 Å². The van der Waals surface area contributed by atoms with Crippen molar-refractivity contribution >= 4 is 21.6 Å². The smallest absolute Gasteiger partial charge is 0.0589 e. The molecule has 0 radical (unpaired) electrons. The molecule has 0 atom stereocenters. The quantitative estimate of drug-likeness (QED) is 0.684. The molecule has 1 aromatic carbocycles. The van der Waals surface area contributed by atoms with E-state index >= 15 is 0 Å². The Hall–Kier alpha value is -0.890. The van der Waals surface area contributed by atoms with Gasteiger partial charge in [0.15, 0.2) is 0 Å². The Morgan fingerprint density at radius 2 is 1.93 bits per heavy atom. The van der Waals surface area contributed by atoms with Crippen LogP contribution >= 0.6 is 11.5 Å². The van der Waals surface area contributed by atoms with Crippen LogP contribution in [-0.4, -0.2) is 4.37 Å². The van der Waals surface area contributed by atoms with Crippen LogP contribution in [0.2, 0.25) is 0 Å². The Morgan fingerprint density at radius 1 is 1.21 bits per heavy atom. The van der Waals surface area contributed by atoms with Gasteiger partial charge in [0.1, 0.15) is 0 Å². The lowest BCUT2D eigenvalue weighted by molar-refractivity contribution is 0.859. The zero-order chi connectivity index (χ0) is 10.3. The molecule has 2 rings (SSSR count). The van der Waals surface area contributed by atoms with Crippen LogP contribution in [-0.2, 0) is 0 Å². The predicted molar refractivity (Wildman–Crippen MR) is 63.2 cm³/mol. The number of fused-ring (bicyclic) bond motifs is 1. The van der Waals surface area contributed by atoms with Crippen molar-refractivity contribution in [1.82, 2.24) is 4.37 Å². The highest BCUT2D eigenvalue weighted by Crippen LogP contribution is 2.29. The summed E-state index contributed by atoms with van der Waals surface area (Å²) in [4.78, 5) is 0. The standard InChI is InChI=1S/C12H15NS/c1-7(2)10-6-11-9(4)13-14-12(11)5-8(10)3/h5-7H,1-4H3. The number of hydrogen-bond donors (Lipinski definition) is 0. The van der Waals surface area contributed by atoms with Crippen molar-refractivity contribution in [3.63, 3.8) is 0 Å². The van der Waals surface area contributed by atoms with Crippen molar-refractivity contribution in [1.29, 1.82) is 0 Å². The van der Waals surface area contributed by atoms with E-state index in [-0.39, 0.29) is 0 Å². The van der Waals surface area contributed by atoms with E-state index in [1.165, 1.54) is 21.2 Å². The first kappa shape index (κ1) is 9.66. The van der Waals surface area contributed by atoms with Gasteiger partial charge in [0.25, 0.3) is 0 Å². The number of hydrogen-bond acceptors (Lipinski definition) is 2. The lowest BCUT2D eigenvalue weighted by Crippen LogP contribution is -1.91. The van der Waals surface area contributed by atoms with Crippen LogP contribution in [0.5, 0.6) is 0 Å². The van der Waals surface area contributed by atoms with E-state index in [0.717, 1.165) is 5.69 Å². The fourth-order valence-electron chi connectivity index (χ4n) is 1.85. The number of aromatic nitrogens is 1. The molecule has 14 heavy (non-hydrogen) atoms. The summed E-state index contributed by atoms with van der Waals surface area (Å²) in [5.74, 6) is 0.596. The van der Waals surface area contributed by atoms with Gasteiger partial charge < -0.3 is 0 Å². The number of nitrogens with zero attached hydrogens (tertiary/aromatic N) is 1. The molecule has 0 fully saturated rings. The third-order valence-electron chi connectivity index (χ3n) is 2.66. The minimum absolute atomic E-state index is 0.596. The van der Waals surface area contributed by atoms with Gasteiger partial charge in [-0.3, -0.25) is 0 Å². The molecule has 0 amide bonds. The second-order valence-electron chi connectivity index (χ2n) is 4.13. The summed E-state index contributed by atoms with van der Waals surface area (Å²) >= 11 is 1.60. The van der Waals surface area contributed by atoms with Crippen LogP contribution < -0.4 is 0 Å². The molecule has 0 saturated carbocycles. The maximum absolute atomic E-state index is 4.38. The molecule has 0 unspecified atom stereocenters. The summed E-state index contributed by atoms with van der Waals surface area (Å²) in [7, 11) is 0. The maximum Gasteiger partial charge on any atom is 0.0589 e. The lowest BCUT2D eigenvalue weighted by atomic mass is 9.96. The monoisotopic (exact) mass is 205 g/mol. The van der Waals surface area contributed by atoms with Crippen molar-refractivity contribution in [3.8, 4) is 0 Å². The largest absolute Gasteiger partial charge is 0.197 e. The van der Waals surface area contributed by atoms with Crippen LogP contribution in [0, 0.1) is 13.8 Å². The van der Waals surface area contributed by atoms with Crippen molar-refractivity contribution in [3.05, 3.63) is 29.0 Å². The first-order valence-corrected chi connectivity index (χ1v) is 5.73. The Morgan fingerprint density at radius 3 is 2.57 bits per heavy atom. The van der Waals surface area contributed by atoms with Crippen molar-refractivity contribution < 1.29 is 0 Å². The van der Waals surface area contributed by atoms with E-state index in [2.05, 4.69) is 44.2 Å². The molecule has 2 aromatic rings. The summed E-state index contributed by atoms with van der Waals surface area (Å²) in [5, 5.41) is 1.32. The molecule has 0 aliphatic carbocycles. The second-order valence-corrected chi connectivity index (χ2v) is 4.93. The number of benzene rings is 1. The molecule has 74 valence electrons. The summed E-state index contributed by atoms with van der Waals surface area (Å²) in [6, 6.07) is 4.56. The van der Waals surface area contributed by atoms with Crippen molar-refractivity contribution in [2.24, 2.45) is 0 Å². The molecule has 1 heterocycles. The average Bonchev–Trinajstić information content (AvgIpc) is 2.46. The molecule has 1 nitrogen and oxygen atoms in total. The summed E-state index contributed by atoms with van der Waals surface area (Å²) < 4.78 is 5.69. The molecule has 0 spiro atoms. The normalized spacial score (nSPS) is 11.5. The fourth-order valence-corrected chi connectivity index (χ4v) is 2.71. The van der Waals surface area contributed by atoms with Gasteiger partial charge >= 0.3 is 0 Å². The SMILES string of the molecule is Cc1cc2snc(C)c2cc1C(C)C. The first-order chi connectivity index (χ1) is 6.59. The fraction of sp³-hybridized carbons (Fsp3) is 0.417. The van der Waals surface area contributed by atoms with Crippen LogP contribution in [0.3, 0.4) is 0 Å². The van der Waals surface area contributed by atoms with Gasteiger partial charge in [-0.1, -0.05) is 13.8 Å². The van der Waals surface area contributed by atoms with Gasteiger partial charge in [-0.2, -0.15) is 4.37 Å². The van der Waals surface area contributed by atoms with E-state index in [9.17, 15) is 0 Å². The zero-order valence-electron chi connectivity index (χ0n) is 9.09. The molecule has 0 aliphatic heterocycles. The van der Waals surface area contributed by atoms with E-state index in [1.807, 2.05) is 0 Å². The van der Waals surface area contributed by atoms with E-state index < -0.39 is 0 Å². The summed E-state index contributed by atoms with van der Waals surface area (Å²) in [6.07, 6.45) is 0. The van der Waals surface area contributed by atoms with Crippen molar-refractivity contribution in [2.75, 3.05) is 0 Å². The highest BCUT2D eigenvalue weighted by atomic mass is 32.1. The van der Waals surface area contributed by atoms with Crippen LogP contribution in [0.15, 0.2) is 12.1 Å². The third kappa shape index (κ3) is 1.44. The average molecular weight is 205 g/mol. The third-order valence-corrected chi connectivity index (χ3v) is 3.56. The topological polar surface area (TPSA) is 12.9 Å². The van der Waals surface area contributed by atoms with E-state index in [0.29, 0.717) is 5.92 Å². The lowest BCUT2D eigenvalue weighted by Gasteiger charge is -2.09. The summed E-state index contributed by atoms with van der Waals surface area (Å²) in [6.45, 7) is 8.74. The molecule has 1 aromatic heterocycles. The first-order valence-electron chi connectivity index (χ1n) is 4.96. The number of rotatable bonds is 1. The molecule has 0 N–H and O–H groups in total. The van der Waals surface area contributed by atoms with Crippen LogP contribution in [0.1, 0.15) is 36.6 Å². The Labute approximate surface area is 88.9 Å². The van der Waals surface area contributed by atoms with E-state index in [4.69, 9.17) is 0 Å². The maximum atomic E-state index is 4.38. The van der Waals surface area contributed by atoms with Crippen LogP contribution in [0.4, 0.5) is 0 Å². The van der Waals surface area contributed by atoms with Crippen LogP contribution in [0.25, 0.3) is 10.1 Å². The number of aryl methyl sites for hydroxylation is 2. The molecular formula is C12H15NS. The Kier molecular flexibility index (Phi) is 2.31. The van der Waals surface area contributed by atoms with Gasteiger partial charge in [0.05, 0.1) is 10.4 Å². The summed E-state index contributed by atoms with van der Waals surface area (Å²) in [5.41, 5.74) is 3.99. The minimum Gasteiger partial charge on any atom is -0.197 e. The van der Waals surface area contributed by atoms with Gasteiger partial charge in [0, 0.05) is 5.39 Å². The van der Waals surface area contributed by atoms with Gasteiger partial charge in [0.2, 0.25) is 0 Å². The molecule has 0 saturated heterocycles. The molecular weight excluding hydrogens is 190 g/mol. The van der Waals surface area contributed by atoms with Gasteiger partial charge in [-0.05, 0) is 54.6 Å². The minimum atomic E-state index is 0.596. The second kappa shape index (κ2) is 3.35. The highest BCUT2D eigenvalue weighted by molar-refractivity contribution is 7.13.